The molecule has 0 amide bonds. The predicted molar refractivity (Wildman–Crippen MR) is 257 cm³/mol. The molecule has 5 nitrogen and oxygen atoms in total. The Morgan fingerprint density at radius 3 is 1.84 bits per heavy atom. The lowest BCUT2D eigenvalue weighted by atomic mass is 9.53. The first-order chi connectivity index (χ1) is 30.5. The molecule has 5 atom stereocenters. The van der Waals surface area contributed by atoms with Crippen molar-refractivity contribution in [2.45, 2.75) is 96.6 Å². The monoisotopic (exact) mass is 855 g/mol. The number of aryl methyl sites for hydroxylation is 1. The highest BCUT2D eigenvalue weighted by Gasteiger charge is 2.63. The van der Waals surface area contributed by atoms with E-state index in [0.717, 1.165) is 51.1 Å². The fourth-order valence-corrected chi connectivity index (χ4v) is 12.1. The highest BCUT2D eigenvalue weighted by Crippen LogP contribution is 2.67. The molecule has 6 aromatic rings. The third-order valence-electron chi connectivity index (χ3n) is 15.3. The van der Waals surface area contributed by atoms with Gasteiger partial charge in [0.1, 0.15) is 12.3 Å². The molecule has 0 bridgehead atoms. The largest absolute Gasteiger partial charge is 0.418 e. The van der Waals surface area contributed by atoms with Gasteiger partial charge in [-0.15, -0.1) is 13.2 Å². The zero-order valence-electron chi connectivity index (χ0n) is 37.8. The summed E-state index contributed by atoms with van der Waals surface area (Å²) in [6.45, 7) is 25.2. The molecule has 326 valence electrons. The Hall–Kier alpha value is -6.28. The molecule has 5 heterocycles. The Bertz CT molecular complexity index is 2840. The molecule has 10 rings (SSSR count). The van der Waals surface area contributed by atoms with E-state index in [4.69, 9.17) is 11.6 Å². The second-order valence-corrected chi connectivity index (χ2v) is 20.0. The van der Waals surface area contributed by atoms with Crippen LogP contribution in [-0.4, -0.2) is 17.3 Å². The Morgan fingerprint density at radius 2 is 1.20 bits per heavy atom. The van der Waals surface area contributed by atoms with Crippen molar-refractivity contribution in [2.24, 2.45) is 10.8 Å². The molecule has 4 aliphatic rings. The van der Waals surface area contributed by atoms with Gasteiger partial charge >= 0.3 is 6.18 Å². The summed E-state index contributed by atoms with van der Waals surface area (Å²) < 4.78 is 45.6. The number of para-hydroxylation sites is 5. The van der Waals surface area contributed by atoms with Crippen LogP contribution in [0.2, 0.25) is 0 Å². The second-order valence-electron chi connectivity index (χ2n) is 20.0. The number of hydrogen-bond acceptors (Lipinski definition) is 5. The average molecular weight is 856 g/mol. The van der Waals surface area contributed by atoms with Crippen molar-refractivity contribution in [3.63, 3.8) is 0 Å². The van der Waals surface area contributed by atoms with Crippen molar-refractivity contribution in [3.05, 3.63) is 187 Å². The molecule has 0 N–H and O–H groups in total. The Morgan fingerprint density at radius 1 is 0.625 bits per heavy atom. The number of pyridine rings is 1. The van der Waals surface area contributed by atoms with Crippen LogP contribution in [0.4, 0.5) is 58.8 Å². The van der Waals surface area contributed by atoms with E-state index in [1.165, 1.54) is 23.3 Å². The van der Waals surface area contributed by atoms with Gasteiger partial charge in [-0.3, -0.25) is 0 Å². The number of halogens is 3. The highest BCUT2D eigenvalue weighted by atomic mass is 19.4. The number of alkyl halides is 3. The molecule has 0 saturated carbocycles. The lowest BCUT2D eigenvalue weighted by Crippen LogP contribution is -2.62. The zero-order valence-corrected chi connectivity index (χ0v) is 37.8. The molecule has 64 heavy (non-hydrogen) atoms. The summed E-state index contributed by atoms with van der Waals surface area (Å²) in [5.41, 5.74) is 7.97. The number of rotatable bonds is 7. The van der Waals surface area contributed by atoms with Crippen LogP contribution >= 0.6 is 0 Å². The quantitative estimate of drug-likeness (QED) is 0.149. The zero-order chi connectivity index (χ0) is 45.1. The van der Waals surface area contributed by atoms with Crippen LogP contribution < -0.4 is 19.6 Å². The van der Waals surface area contributed by atoms with Gasteiger partial charge in [-0.25, -0.2) is 4.98 Å². The van der Waals surface area contributed by atoms with Gasteiger partial charge in [-0.2, -0.15) is 13.2 Å². The van der Waals surface area contributed by atoms with Crippen molar-refractivity contribution in [1.29, 1.82) is 0 Å². The minimum absolute atomic E-state index is 0.140. The Labute approximate surface area is 376 Å². The number of benzene rings is 5. The van der Waals surface area contributed by atoms with E-state index in [-0.39, 0.29) is 23.2 Å². The van der Waals surface area contributed by atoms with Crippen molar-refractivity contribution in [3.8, 4) is 0 Å². The molecule has 1 aromatic heterocycles. The van der Waals surface area contributed by atoms with E-state index in [1.54, 1.807) is 12.1 Å². The van der Waals surface area contributed by atoms with Crippen LogP contribution in [0, 0.1) is 17.8 Å². The summed E-state index contributed by atoms with van der Waals surface area (Å²) >= 11 is 0. The smallest absolute Gasteiger partial charge is 0.317 e. The summed E-state index contributed by atoms with van der Waals surface area (Å²) in [5.74, 6) is 0.695. The topological polar surface area (TPSA) is 25.9 Å². The van der Waals surface area contributed by atoms with Crippen LogP contribution in [0.1, 0.15) is 88.1 Å². The van der Waals surface area contributed by atoms with Crippen molar-refractivity contribution >= 4 is 45.6 Å². The number of nitrogens with zero attached hydrogens (tertiary/aromatic N) is 5. The van der Waals surface area contributed by atoms with E-state index < -0.39 is 34.2 Å². The fraction of sp³-hybridized carbons (Fsp3) is 0.304. The highest BCUT2D eigenvalue weighted by molar-refractivity contribution is 5.92. The Balaban J connectivity index is 1.21. The summed E-state index contributed by atoms with van der Waals surface area (Å²) in [6.07, 6.45) is 2.06. The molecule has 0 spiro atoms. The summed E-state index contributed by atoms with van der Waals surface area (Å²) in [6, 6.07) is 42.0. The van der Waals surface area contributed by atoms with Crippen molar-refractivity contribution in [1.82, 2.24) is 4.98 Å². The van der Waals surface area contributed by atoms with Gasteiger partial charge in [-0.05, 0) is 102 Å². The third-order valence-corrected chi connectivity index (χ3v) is 15.3. The molecular formula is C56H56F3N5. The van der Waals surface area contributed by atoms with E-state index in [1.807, 2.05) is 53.6 Å². The van der Waals surface area contributed by atoms with Gasteiger partial charge in [0.05, 0.1) is 28.3 Å². The normalized spacial score (nSPS) is 24.0. The molecule has 0 radical (unpaired) electrons. The average Bonchev–Trinajstić information content (AvgIpc) is 3.82. The van der Waals surface area contributed by atoms with Gasteiger partial charge in [0.25, 0.3) is 0 Å². The second kappa shape index (κ2) is 14.4. The van der Waals surface area contributed by atoms with Crippen LogP contribution in [0.15, 0.2) is 159 Å². The van der Waals surface area contributed by atoms with Crippen LogP contribution in [0.25, 0.3) is 0 Å². The number of fused-ring (bicyclic) bond motifs is 10. The number of allylic oxidation sites excluding steroid dienone is 2. The predicted octanol–water partition coefficient (Wildman–Crippen LogP) is 15.2. The Kier molecular flexibility index (Phi) is 9.36. The molecular weight excluding hydrogens is 800 g/mol. The standard InChI is InChI=1S/C56H56F3N5/c1-10-39-38-22-13-16-25-43(38)62-46-27-18-19-28-47(46)63(44-26-17-14-23-40(44)56(57,58)59)51(62)54(39,9)32-33-55(11-2)41-35-37(52(4,5)6)30-31-45(41)64-49-48(29-20-34-60-49)61(50(64)53(55,7)8)42-24-15-12-21-36(42)3/h10-31,34-35,39,50-51H,1-2,32-33H2,3-9H3. The van der Waals surface area contributed by atoms with Crippen molar-refractivity contribution in [2.75, 3.05) is 19.6 Å². The minimum Gasteiger partial charge on any atom is -0.317 e. The van der Waals surface area contributed by atoms with Crippen LogP contribution in [0.5, 0.6) is 0 Å². The van der Waals surface area contributed by atoms with Gasteiger partial charge in [0.15, 0.2) is 5.82 Å². The molecule has 8 heteroatoms. The van der Waals surface area contributed by atoms with Gasteiger partial charge in [-0.1, -0.05) is 126 Å². The van der Waals surface area contributed by atoms with E-state index in [9.17, 15) is 0 Å². The maximum Gasteiger partial charge on any atom is 0.418 e. The molecule has 0 saturated heterocycles. The summed E-state index contributed by atoms with van der Waals surface area (Å²) in [7, 11) is 0. The van der Waals surface area contributed by atoms with Gasteiger partial charge in [0, 0.05) is 45.4 Å². The molecule has 4 aliphatic heterocycles. The number of aromatic nitrogens is 1. The first-order valence-corrected chi connectivity index (χ1v) is 22.4. The number of hydrogen-bond donors (Lipinski definition) is 0. The molecule has 5 aromatic carbocycles. The molecule has 0 aliphatic carbocycles. The maximum absolute atomic E-state index is 15.2. The minimum atomic E-state index is -4.57. The third kappa shape index (κ3) is 5.72. The lowest BCUT2D eigenvalue weighted by Gasteiger charge is -2.60. The van der Waals surface area contributed by atoms with Gasteiger partial charge < -0.3 is 19.6 Å². The maximum atomic E-state index is 15.2. The van der Waals surface area contributed by atoms with E-state index >= 15 is 13.2 Å². The first kappa shape index (κ1) is 41.7. The molecule has 0 fully saturated rings. The number of anilines is 8. The lowest BCUT2D eigenvalue weighted by molar-refractivity contribution is -0.137. The van der Waals surface area contributed by atoms with E-state index in [0.29, 0.717) is 12.8 Å². The van der Waals surface area contributed by atoms with Gasteiger partial charge in [0.2, 0.25) is 0 Å². The van der Waals surface area contributed by atoms with Crippen LogP contribution in [-0.2, 0) is 17.0 Å². The fourth-order valence-electron chi connectivity index (χ4n) is 12.1. The SMILES string of the molecule is C=CC1c2ccccc2N2c3ccccc3N(c3ccccc3C(F)(F)F)C2C1(C)CCC1(C=C)c2cc(C(C)(C)C)ccc2N2c3ncccc3N(c3ccccc3C)C2C1(C)C. The van der Waals surface area contributed by atoms with Crippen molar-refractivity contribution < 1.29 is 13.2 Å². The van der Waals surface area contributed by atoms with Crippen LogP contribution in [0.3, 0.4) is 0 Å². The summed E-state index contributed by atoms with van der Waals surface area (Å²) in [5, 5.41) is 0. The summed E-state index contributed by atoms with van der Waals surface area (Å²) in [4.78, 5) is 14.3. The first-order valence-electron chi connectivity index (χ1n) is 22.4. The molecule has 5 unspecified atom stereocenters. The van der Waals surface area contributed by atoms with E-state index in [2.05, 4.69) is 143 Å².